The van der Waals surface area contributed by atoms with Crippen LogP contribution in [0.5, 0.6) is 11.5 Å². The first-order chi connectivity index (χ1) is 14.6. The second-order valence-corrected chi connectivity index (χ2v) is 6.97. The second kappa shape index (κ2) is 8.40. The Kier molecular flexibility index (Phi) is 5.51. The molecule has 0 radical (unpaired) electrons. The molecule has 1 fully saturated rings. The van der Waals surface area contributed by atoms with E-state index in [9.17, 15) is 4.79 Å². The first-order valence-corrected chi connectivity index (χ1v) is 9.72. The summed E-state index contributed by atoms with van der Waals surface area (Å²) >= 11 is 0. The molecule has 0 spiro atoms. The van der Waals surface area contributed by atoms with Crippen molar-refractivity contribution in [2.45, 2.75) is 6.92 Å². The Morgan fingerprint density at radius 1 is 0.933 bits per heavy atom. The van der Waals surface area contributed by atoms with E-state index in [2.05, 4.69) is 20.2 Å². The Morgan fingerprint density at radius 3 is 2.27 bits per heavy atom. The van der Waals surface area contributed by atoms with Gasteiger partial charge in [0.2, 0.25) is 0 Å². The Balaban J connectivity index is 1.42. The SMILES string of the molecule is COc1cccc(C(=O)N2CCN(c3ccc(-n4ccc(C)n4)nn3)CC2)c1OC. The van der Waals surface area contributed by atoms with Crippen molar-refractivity contribution in [2.24, 2.45) is 0 Å². The van der Waals surface area contributed by atoms with E-state index in [0.29, 0.717) is 49.1 Å². The van der Waals surface area contributed by atoms with Gasteiger partial charge >= 0.3 is 0 Å². The van der Waals surface area contributed by atoms with Gasteiger partial charge in [0.1, 0.15) is 0 Å². The minimum Gasteiger partial charge on any atom is -0.493 e. The minimum absolute atomic E-state index is 0.0686. The van der Waals surface area contributed by atoms with Gasteiger partial charge in [-0.05, 0) is 37.3 Å². The van der Waals surface area contributed by atoms with E-state index in [-0.39, 0.29) is 5.91 Å². The highest BCUT2D eigenvalue weighted by atomic mass is 16.5. The summed E-state index contributed by atoms with van der Waals surface area (Å²) in [5, 5.41) is 13.0. The number of nitrogens with zero attached hydrogens (tertiary/aromatic N) is 6. The van der Waals surface area contributed by atoms with Gasteiger partial charge in [0.05, 0.1) is 25.5 Å². The average molecular weight is 408 g/mol. The second-order valence-electron chi connectivity index (χ2n) is 6.97. The highest BCUT2D eigenvalue weighted by Gasteiger charge is 2.26. The highest BCUT2D eigenvalue weighted by Crippen LogP contribution is 2.31. The summed E-state index contributed by atoms with van der Waals surface area (Å²) in [6.07, 6.45) is 1.86. The fourth-order valence-corrected chi connectivity index (χ4v) is 3.52. The van der Waals surface area contributed by atoms with Gasteiger partial charge in [-0.2, -0.15) is 5.10 Å². The molecule has 3 heterocycles. The van der Waals surface area contributed by atoms with Crippen LogP contribution in [0.2, 0.25) is 0 Å². The number of para-hydroxylation sites is 1. The monoisotopic (exact) mass is 408 g/mol. The Labute approximate surface area is 174 Å². The molecule has 1 amide bonds. The molecule has 0 N–H and O–H groups in total. The average Bonchev–Trinajstić information content (AvgIpc) is 3.24. The summed E-state index contributed by atoms with van der Waals surface area (Å²) in [6, 6.07) is 11.1. The maximum absolute atomic E-state index is 13.0. The van der Waals surface area contributed by atoms with E-state index in [1.165, 1.54) is 0 Å². The van der Waals surface area contributed by atoms with Gasteiger partial charge in [0.15, 0.2) is 23.1 Å². The maximum Gasteiger partial charge on any atom is 0.257 e. The third-order valence-corrected chi connectivity index (χ3v) is 5.12. The number of amides is 1. The molecule has 30 heavy (non-hydrogen) atoms. The molecule has 0 aliphatic carbocycles. The third kappa shape index (κ3) is 3.78. The minimum atomic E-state index is -0.0686. The number of ether oxygens (including phenoxy) is 2. The van der Waals surface area contributed by atoms with Crippen LogP contribution in [-0.2, 0) is 0 Å². The number of carbonyl (C=O) groups is 1. The molecular formula is C21H24N6O3. The number of carbonyl (C=O) groups excluding carboxylic acids is 1. The molecule has 0 saturated carbocycles. The summed E-state index contributed by atoms with van der Waals surface area (Å²) in [5.41, 5.74) is 1.43. The number of hydrogen-bond donors (Lipinski definition) is 0. The van der Waals surface area contributed by atoms with Crippen molar-refractivity contribution in [1.82, 2.24) is 24.9 Å². The number of benzene rings is 1. The van der Waals surface area contributed by atoms with Crippen LogP contribution >= 0.6 is 0 Å². The highest BCUT2D eigenvalue weighted by molar-refractivity contribution is 5.98. The molecule has 0 atom stereocenters. The topological polar surface area (TPSA) is 85.6 Å². The zero-order valence-electron chi connectivity index (χ0n) is 17.3. The predicted molar refractivity (Wildman–Crippen MR) is 112 cm³/mol. The van der Waals surface area contributed by atoms with E-state index in [1.807, 2.05) is 36.2 Å². The maximum atomic E-state index is 13.0. The lowest BCUT2D eigenvalue weighted by molar-refractivity contribution is 0.0742. The van der Waals surface area contributed by atoms with Crippen molar-refractivity contribution in [1.29, 1.82) is 0 Å². The van der Waals surface area contributed by atoms with Gasteiger partial charge in [-0.25, -0.2) is 4.68 Å². The fraction of sp³-hybridized carbons (Fsp3) is 0.333. The standard InChI is InChI=1S/C21H24N6O3/c1-15-9-10-27(24-15)19-8-7-18(22-23-19)25-11-13-26(14-12-25)21(28)16-5-4-6-17(29-2)20(16)30-3/h4-10H,11-14H2,1-3H3. The van der Waals surface area contributed by atoms with Crippen molar-refractivity contribution in [3.63, 3.8) is 0 Å². The Hall–Kier alpha value is -3.62. The van der Waals surface area contributed by atoms with Gasteiger partial charge in [0.25, 0.3) is 5.91 Å². The fourth-order valence-electron chi connectivity index (χ4n) is 3.52. The summed E-state index contributed by atoms with van der Waals surface area (Å²) in [4.78, 5) is 17.0. The van der Waals surface area contributed by atoms with Gasteiger partial charge in [-0.1, -0.05) is 6.07 Å². The molecule has 1 saturated heterocycles. The van der Waals surface area contributed by atoms with Crippen molar-refractivity contribution in [3.05, 3.63) is 53.9 Å². The smallest absolute Gasteiger partial charge is 0.257 e. The lowest BCUT2D eigenvalue weighted by atomic mass is 10.1. The van der Waals surface area contributed by atoms with Crippen LogP contribution in [0.4, 0.5) is 5.82 Å². The lowest BCUT2D eigenvalue weighted by Crippen LogP contribution is -2.49. The predicted octanol–water partition coefficient (Wildman–Crippen LogP) is 1.95. The van der Waals surface area contributed by atoms with E-state index in [0.717, 1.165) is 11.5 Å². The van der Waals surface area contributed by atoms with Crippen LogP contribution < -0.4 is 14.4 Å². The zero-order chi connectivity index (χ0) is 21.1. The van der Waals surface area contributed by atoms with E-state index >= 15 is 0 Å². The van der Waals surface area contributed by atoms with Crippen LogP contribution in [-0.4, -0.2) is 71.2 Å². The molecule has 1 aliphatic rings. The molecule has 9 nitrogen and oxygen atoms in total. The van der Waals surface area contributed by atoms with E-state index in [1.54, 1.807) is 37.1 Å². The van der Waals surface area contributed by atoms with Crippen molar-refractivity contribution in [3.8, 4) is 17.3 Å². The Morgan fingerprint density at radius 2 is 1.67 bits per heavy atom. The summed E-state index contributed by atoms with van der Waals surface area (Å²) < 4.78 is 12.4. The zero-order valence-corrected chi connectivity index (χ0v) is 17.3. The number of aromatic nitrogens is 4. The molecule has 3 aromatic rings. The van der Waals surface area contributed by atoms with Gasteiger partial charge in [0, 0.05) is 32.4 Å². The molecule has 1 aliphatic heterocycles. The summed E-state index contributed by atoms with van der Waals surface area (Å²) in [7, 11) is 3.10. The summed E-state index contributed by atoms with van der Waals surface area (Å²) in [5.74, 6) is 2.40. The summed E-state index contributed by atoms with van der Waals surface area (Å²) in [6.45, 7) is 4.45. The number of aryl methyl sites for hydroxylation is 1. The van der Waals surface area contributed by atoms with Gasteiger partial charge in [-0.15, -0.1) is 10.2 Å². The van der Waals surface area contributed by atoms with E-state index in [4.69, 9.17) is 9.47 Å². The molecule has 2 aromatic heterocycles. The normalized spacial score (nSPS) is 14.0. The van der Waals surface area contributed by atoms with Gasteiger partial charge < -0.3 is 19.3 Å². The molecule has 0 unspecified atom stereocenters. The third-order valence-electron chi connectivity index (χ3n) is 5.12. The largest absolute Gasteiger partial charge is 0.493 e. The van der Waals surface area contributed by atoms with Crippen LogP contribution in [0, 0.1) is 6.92 Å². The molecule has 4 rings (SSSR count). The molecule has 1 aromatic carbocycles. The van der Waals surface area contributed by atoms with Crippen LogP contribution in [0.3, 0.4) is 0 Å². The van der Waals surface area contributed by atoms with Crippen LogP contribution in [0.25, 0.3) is 5.82 Å². The quantitative estimate of drug-likeness (QED) is 0.638. The molecule has 0 bridgehead atoms. The Bertz CT molecular complexity index is 1030. The molecule has 156 valence electrons. The first kappa shape index (κ1) is 19.7. The number of methoxy groups -OCH3 is 2. The van der Waals surface area contributed by atoms with Crippen molar-refractivity contribution in [2.75, 3.05) is 45.3 Å². The van der Waals surface area contributed by atoms with Crippen molar-refractivity contribution < 1.29 is 14.3 Å². The van der Waals surface area contributed by atoms with Crippen molar-refractivity contribution >= 4 is 11.7 Å². The number of anilines is 1. The number of rotatable bonds is 5. The first-order valence-electron chi connectivity index (χ1n) is 9.72. The molecular weight excluding hydrogens is 384 g/mol. The molecule has 9 heteroatoms. The lowest BCUT2D eigenvalue weighted by Gasteiger charge is -2.35. The van der Waals surface area contributed by atoms with Crippen LogP contribution in [0.15, 0.2) is 42.6 Å². The number of piperazine rings is 1. The van der Waals surface area contributed by atoms with Gasteiger partial charge in [-0.3, -0.25) is 4.79 Å². The van der Waals surface area contributed by atoms with E-state index < -0.39 is 0 Å². The number of hydrogen-bond acceptors (Lipinski definition) is 7. The van der Waals surface area contributed by atoms with Crippen LogP contribution in [0.1, 0.15) is 16.1 Å².